The molecule has 1 amide bonds. The van der Waals surface area contributed by atoms with Gasteiger partial charge in [-0.05, 0) is 42.8 Å². The van der Waals surface area contributed by atoms with E-state index in [4.69, 9.17) is 10.5 Å². The summed E-state index contributed by atoms with van der Waals surface area (Å²) in [6.45, 7) is 1.83. The van der Waals surface area contributed by atoms with Gasteiger partial charge in [-0.2, -0.15) is 0 Å². The topological polar surface area (TPSA) is 64.3 Å². The molecule has 0 unspecified atom stereocenters. The number of amides is 1. The number of halogens is 1. The molecule has 0 saturated heterocycles. The Labute approximate surface area is 116 Å². The lowest BCUT2D eigenvalue weighted by Gasteiger charge is -2.09. The van der Waals surface area contributed by atoms with Crippen LogP contribution in [0.15, 0.2) is 36.4 Å². The molecule has 0 bridgehead atoms. The van der Waals surface area contributed by atoms with Gasteiger partial charge < -0.3 is 15.8 Å². The highest BCUT2D eigenvalue weighted by molar-refractivity contribution is 6.04. The molecule has 0 spiro atoms. The quantitative estimate of drug-likeness (QED) is 0.846. The van der Waals surface area contributed by atoms with Gasteiger partial charge in [0, 0.05) is 17.4 Å². The van der Waals surface area contributed by atoms with Crippen molar-refractivity contribution in [2.45, 2.75) is 6.92 Å². The Morgan fingerprint density at radius 1 is 1.25 bits per heavy atom. The van der Waals surface area contributed by atoms with Gasteiger partial charge in [0.1, 0.15) is 11.6 Å². The van der Waals surface area contributed by atoms with E-state index in [0.29, 0.717) is 17.1 Å². The van der Waals surface area contributed by atoms with Crippen LogP contribution in [0, 0.1) is 12.7 Å². The maximum Gasteiger partial charge on any atom is 0.258 e. The molecule has 4 nitrogen and oxygen atoms in total. The molecule has 0 aliphatic carbocycles. The van der Waals surface area contributed by atoms with Crippen LogP contribution in [0.5, 0.6) is 5.75 Å². The van der Waals surface area contributed by atoms with Gasteiger partial charge in [-0.15, -0.1) is 0 Å². The summed E-state index contributed by atoms with van der Waals surface area (Å²) in [5, 5.41) is 2.63. The molecule has 0 fully saturated rings. The number of anilines is 2. The van der Waals surface area contributed by atoms with E-state index in [0.717, 1.165) is 5.56 Å². The van der Waals surface area contributed by atoms with Crippen LogP contribution in [0.1, 0.15) is 15.9 Å². The second kappa shape index (κ2) is 5.61. The van der Waals surface area contributed by atoms with Gasteiger partial charge in [0.25, 0.3) is 5.91 Å². The molecule has 0 aromatic heterocycles. The highest BCUT2D eigenvalue weighted by Crippen LogP contribution is 2.20. The maximum absolute atomic E-state index is 13.8. The molecule has 5 heteroatoms. The number of methoxy groups -OCH3 is 1. The van der Waals surface area contributed by atoms with E-state index >= 15 is 0 Å². The largest absolute Gasteiger partial charge is 0.497 e. The number of nitrogens with two attached hydrogens (primary N) is 1. The van der Waals surface area contributed by atoms with Gasteiger partial charge in [0.05, 0.1) is 12.7 Å². The minimum atomic E-state index is -0.631. The van der Waals surface area contributed by atoms with Gasteiger partial charge in [-0.3, -0.25) is 4.79 Å². The normalized spacial score (nSPS) is 10.2. The van der Waals surface area contributed by atoms with Gasteiger partial charge in [0.2, 0.25) is 0 Å². The Morgan fingerprint density at radius 3 is 2.60 bits per heavy atom. The Balaban J connectivity index is 2.21. The summed E-state index contributed by atoms with van der Waals surface area (Å²) >= 11 is 0. The summed E-state index contributed by atoms with van der Waals surface area (Å²) in [4.78, 5) is 12.0. The van der Waals surface area contributed by atoms with Crippen LogP contribution in [0.3, 0.4) is 0 Å². The lowest BCUT2D eigenvalue weighted by molar-refractivity contribution is 0.102. The predicted octanol–water partition coefficient (Wildman–Crippen LogP) is 2.98. The highest BCUT2D eigenvalue weighted by atomic mass is 19.1. The van der Waals surface area contributed by atoms with E-state index in [9.17, 15) is 9.18 Å². The minimum Gasteiger partial charge on any atom is -0.497 e. The molecule has 20 heavy (non-hydrogen) atoms. The molecule has 3 N–H and O–H groups in total. The Bertz CT molecular complexity index is 656. The molecular formula is C15H15FN2O2. The van der Waals surface area contributed by atoms with E-state index < -0.39 is 11.7 Å². The Morgan fingerprint density at radius 2 is 2.00 bits per heavy atom. The van der Waals surface area contributed by atoms with Gasteiger partial charge in [-0.25, -0.2) is 4.39 Å². The first-order chi connectivity index (χ1) is 9.51. The van der Waals surface area contributed by atoms with Crippen molar-refractivity contribution in [3.8, 4) is 5.75 Å². The van der Waals surface area contributed by atoms with Crippen LogP contribution >= 0.6 is 0 Å². The number of benzene rings is 2. The molecule has 0 radical (unpaired) electrons. The number of aryl methyl sites for hydroxylation is 1. The van der Waals surface area contributed by atoms with Gasteiger partial charge in [0.15, 0.2) is 0 Å². The average Bonchev–Trinajstić information content (AvgIpc) is 2.42. The third-order valence-electron chi connectivity index (χ3n) is 2.95. The number of carbonyl (C=O) groups is 1. The summed E-state index contributed by atoms with van der Waals surface area (Å²) in [6.07, 6.45) is 0. The predicted molar refractivity (Wildman–Crippen MR) is 76.5 cm³/mol. The first-order valence-corrected chi connectivity index (χ1v) is 6.02. The van der Waals surface area contributed by atoms with Crippen LogP contribution in [0.4, 0.5) is 15.8 Å². The van der Waals surface area contributed by atoms with Crippen LogP contribution < -0.4 is 15.8 Å². The molecule has 0 aliphatic rings. The van der Waals surface area contributed by atoms with Crippen LogP contribution in [0.25, 0.3) is 0 Å². The number of hydrogen-bond acceptors (Lipinski definition) is 3. The molecule has 0 saturated carbocycles. The summed E-state index contributed by atoms with van der Waals surface area (Å²) in [7, 11) is 1.44. The fraction of sp³-hybridized carbons (Fsp3) is 0.133. The smallest absolute Gasteiger partial charge is 0.258 e. The molecule has 2 aromatic carbocycles. The second-order valence-corrected chi connectivity index (χ2v) is 4.37. The number of nitrogen functional groups attached to an aromatic ring is 1. The second-order valence-electron chi connectivity index (χ2n) is 4.37. The minimum absolute atomic E-state index is 0.0414. The van der Waals surface area contributed by atoms with Crippen molar-refractivity contribution in [1.29, 1.82) is 0 Å². The average molecular weight is 274 g/mol. The van der Waals surface area contributed by atoms with Crippen molar-refractivity contribution in [2.75, 3.05) is 18.2 Å². The Kier molecular flexibility index (Phi) is 3.89. The molecule has 0 aliphatic heterocycles. The number of nitrogens with one attached hydrogen (secondary N) is 1. The van der Waals surface area contributed by atoms with Crippen LogP contribution in [-0.4, -0.2) is 13.0 Å². The monoisotopic (exact) mass is 274 g/mol. The zero-order valence-electron chi connectivity index (χ0n) is 11.2. The number of ether oxygens (including phenoxy) is 1. The Hall–Kier alpha value is -2.56. The fourth-order valence-corrected chi connectivity index (χ4v) is 1.76. The molecular weight excluding hydrogens is 259 g/mol. The first kappa shape index (κ1) is 13.9. The van der Waals surface area contributed by atoms with E-state index in [2.05, 4.69) is 5.32 Å². The highest BCUT2D eigenvalue weighted by Gasteiger charge is 2.13. The van der Waals surface area contributed by atoms with Crippen LogP contribution in [-0.2, 0) is 0 Å². The number of rotatable bonds is 3. The molecule has 2 aromatic rings. The van der Waals surface area contributed by atoms with E-state index in [1.807, 2.05) is 6.92 Å². The zero-order chi connectivity index (χ0) is 14.7. The summed E-state index contributed by atoms with van der Waals surface area (Å²) in [5.74, 6) is -0.786. The van der Waals surface area contributed by atoms with Crippen molar-refractivity contribution in [3.05, 3.63) is 53.3 Å². The van der Waals surface area contributed by atoms with Crippen molar-refractivity contribution in [2.24, 2.45) is 0 Å². The number of hydrogen-bond donors (Lipinski definition) is 2. The fourth-order valence-electron chi connectivity index (χ4n) is 1.76. The molecule has 2 rings (SSSR count). The van der Waals surface area contributed by atoms with E-state index in [-0.39, 0.29) is 5.56 Å². The van der Waals surface area contributed by atoms with Crippen molar-refractivity contribution >= 4 is 17.3 Å². The molecule has 0 atom stereocenters. The maximum atomic E-state index is 13.8. The summed E-state index contributed by atoms with van der Waals surface area (Å²) < 4.78 is 18.7. The lowest BCUT2D eigenvalue weighted by Crippen LogP contribution is -2.14. The third kappa shape index (κ3) is 2.88. The number of carbonyl (C=O) groups excluding carboxylic acids is 1. The lowest BCUT2D eigenvalue weighted by atomic mass is 10.1. The van der Waals surface area contributed by atoms with Crippen molar-refractivity contribution < 1.29 is 13.9 Å². The summed E-state index contributed by atoms with van der Waals surface area (Å²) in [6, 6.07) is 9.18. The van der Waals surface area contributed by atoms with Crippen LogP contribution in [0.2, 0.25) is 0 Å². The SMILES string of the molecule is COc1ccc(C(=O)Nc2ccc(N)c(C)c2)c(F)c1. The van der Waals surface area contributed by atoms with E-state index in [1.54, 1.807) is 18.2 Å². The van der Waals surface area contributed by atoms with E-state index in [1.165, 1.54) is 25.3 Å². The van der Waals surface area contributed by atoms with Gasteiger partial charge >= 0.3 is 0 Å². The van der Waals surface area contributed by atoms with Crippen molar-refractivity contribution in [3.63, 3.8) is 0 Å². The summed E-state index contributed by atoms with van der Waals surface area (Å²) in [5.41, 5.74) is 7.71. The third-order valence-corrected chi connectivity index (χ3v) is 2.95. The zero-order valence-corrected chi connectivity index (χ0v) is 11.2. The first-order valence-electron chi connectivity index (χ1n) is 6.02. The molecule has 0 heterocycles. The molecule has 104 valence electrons. The van der Waals surface area contributed by atoms with Gasteiger partial charge in [-0.1, -0.05) is 0 Å². The van der Waals surface area contributed by atoms with Crippen molar-refractivity contribution in [1.82, 2.24) is 0 Å². The standard InChI is InChI=1S/C15H15FN2O2/c1-9-7-10(3-6-14(9)17)18-15(19)12-5-4-11(20-2)8-13(12)16/h3-8H,17H2,1-2H3,(H,18,19).